The molecule has 0 aliphatic rings. The second-order valence-electron chi connectivity index (χ2n) is 4.88. The minimum atomic E-state index is -4.74. The van der Waals surface area contributed by atoms with Crippen molar-refractivity contribution in [3.05, 3.63) is 0 Å². The van der Waals surface area contributed by atoms with E-state index in [9.17, 15) is 18.0 Å². The summed E-state index contributed by atoms with van der Waals surface area (Å²) in [5.74, 6) is -1.19. The number of halogens is 3. The molecule has 0 spiro atoms. The molecule has 1 amide bonds. The summed E-state index contributed by atoms with van der Waals surface area (Å²) in [7, 11) is 1.91. The second kappa shape index (κ2) is 6.38. The molecule has 0 saturated carbocycles. The van der Waals surface area contributed by atoms with Crippen LogP contribution in [0.15, 0.2) is 0 Å². The smallest absolute Gasteiger partial charge is 0.354 e. The fraction of sp³-hybridized carbons (Fsp3) is 0.909. The Kier molecular flexibility index (Phi) is 6.09. The van der Waals surface area contributed by atoms with Crippen molar-refractivity contribution in [2.75, 3.05) is 20.1 Å². The van der Waals surface area contributed by atoms with Crippen LogP contribution in [-0.2, 0) is 4.79 Å². The van der Waals surface area contributed by atoms with Crippen LogP contribution in [0.5, 0.6) is 0 Å². The summed E-state index contributed by atoms with van der Waals surface area (Å²) in [6.07, 6.45) is -4.17. The van der Waals surface area contributed by atoms with Gasteiger partial charge in [0, 0.05) is 12.6 Å². The van der Waals surface area contributed by atoms with E-state index >= 15 is 0 Å². The van der Waals surface area contributed by atoms with Gasteiger partial charge in [-0.1, -0.05) is 0 Å². The molecule has 0 rings (SSSR count). The number of rotatable bonds is 6. The van der Waals surface area contributed by atoms with E-state index in [4.69, 9.17) is 5.73 Å². The van der Waals surface area contributed by atoms with Crippen molar-refractivity contribution in [2.24, 2.45) is 5.73 Å². The molecule has 0 aliphatic carbocycles. The van der Waals surface area contributed by atoms with Crippen molar-refractivity contribution in [3.63, 3.8) is 0 Å². The van der Waals surface area contributed by atoms with Crippen LogP contribution in [0.1, 0.15) is 27.2 Å². The molecule has 7 heteroatoms. The van der Waals surface area contributed by atoms with Gasteiger partial charge in [0.2, 0.25) is 5.91 Å². The molecule has 0 saturated heterocycles. The Morgan fingerprint density at radius 2 is 1.89 bits per heavy atom. The van der Waals surface area contributed by atoms with Crippen LogP contribution in [0, 0.1) is 0 Å². The zero-order valence-corrected chi connectivity index (χ0v) is 11.3. The lowest BCUT2D eigenvalue weighted by molar-refractivity contribution is -0.187. The summed E-state index contributed by atoms with van der Waals surface area (Å²) in [4.78, 5) is 13.4. The van der Waals surface area contributed by atoms with Gasteiger partial charge in [-0.3, -0.25) is 4.79 Å². The first-order chi connectivity index (χ1) is 8.00. The van der Waals surface area contributed by atoms with E-state index in [-0.39, 0.29) is 6.54 Å². The minimum Gasteiger partial charge on any atom is -0.354 e. The SMILES string of the molecule is CC(C)N(C)CCCNC(=O)C(C)(N)C(F)(F)F. The number of amides is 1. The number of nitrogens with one attached hydrogen (secondary N) is 1. The Morgan fingerprint density at radius 3 is 2.28 bits per heavy atom. The summed E-state index contributed by atoms with van der Waals surface area (Å²) in [6.45, 7) is 5.57. The molecule has 4 nitrogen and oxygen atoms in total. The fourth-order valence-electron chi connectivity index (χ4n) is 1.10. The molecular weight excluding hydrogens is 247 g/mol. The van der Waals surface area contributed by atoms with Crippen molar-refractivity contribution >= 4 is 5.91 Å². The van der Waals surface area contributed by atoms with E-state index in [1.807, 2.05) is 25.8 Å². The molecule has 108 valence electrons. The van der Waals surface area contributed by atoms with Gasteiger partial charge in [-0.25, -0.2) is 0 Å². The highest BCUT2D eigenvalue weighted by Gasteiger charge is 2.53. The van der Waals surface area contributed by atoms with Gasteiger partial charge in [0.05, 0.1) is 0 Å². The molecule has 3 N–H and O–H groups in total. The lowest BCUT2D eigenvalue weighted by atomic mass is 10.0. The topological polar surface area (TPSA) is 58.4 Å². The van der Waals surface area contributed by atoms with Gasteiger partial charge >= 0.3 is 6.18 Å². The molecule has 18 heavy (non-hydrogen) atoms. The highest BCUT2D eigenvalue weighted by Crippen LogP contribution is 2.27. The predicted molar refractivity (Wildman–Crippen MR) is 64.0 cm³/mol. The Hall–Kier alpha value is -0.820. The number of nitrogens with zero attached hydrogens (tertiary/aromatic N) is 1. The number of hydrogen-bond donors (Lipinski definition) is 2. The molecule has 0 radical (unpaired) electrons. The lowest BCUT2D eigenvalue weighted by Crippen LogP contribution is -2.61. The monoisotopic (exact) mass is 269 g/mol. The minimum absolute atomic E-state index is 0.179. The van der Waals surface area contributed by atoms with Crippen LogP contribution in [-0.4, -0.2) is 48.7 Å². The van der Waals surface area contributed by atoms with Gasteiger partial charge in [-0.05, 0) is 40.8 Å². The van der Waals surface area contributed by atoms with Gasteiger partial charge in [-0.2, -0.15) is 13.2 Å². The van der Waals surface area contributed by atoms with Crippen molar-refractivity contribution in [1.29, 1.82) is 0 Å². The lowest BCUT2D eigenvalue weighted by Gasteiger charge is -2.26. The van der Waals surface area contributed by atoms with E-state index in [0.717, 1.165) is 0 Å². The van der Waals surface area contributed by atoms with Crippen LogP contribution in [0.3, 0.4) is 0 Å². The highest BCUT2D eigenvalue weighted by molar-refractivity contribution is 5.86. The van der Waals surface area contributed by atoms with Gasteiger partial charge in [-0.15, -0.1) is 0 Å². The molecule has 0 aromatic heterocycles. The zero-order valence-electron chi connectivity index (χ0n) is 11.3. The maximum atomic E-state index is 12.4. The zero-order chi connectivity index (χ0) is 14.6. The van der Waals surface area contributed by atoms with Crippen molar-refractivity contribution in [2.45, 2.75) is 44.9 Å². The van der Waals surface area contributed by atoms with Gasteiger partial charge < -0.3 is 16.0 Å². The van der Waals surface area contributed by atoms with Gasteiger partial charge in [0.25, 0.3) is 0 Å². The first-order valence-corrected chi connectivity index (χ1v) is 5.84. The van der Waals surface area contributed by atoms with E-state index in [1.54, 1.807) is 0 Å². The first-order valence-electron chi connectivity index (χ1n) is 5.84. The average Bonchev–Trinajstić information content (AvgIpc) is 2.21. The Bertz CT molecular complexity index is 277. The average molecular weight is 269 g/mol. The van der Waals surface area contributed by atoms with Crippen LogP contribution >= 0.6 is 0 Å². The van der Waals surface area contributed by atoms with Crippen LogP contribution < -0.4 is 11.1 Å². The standard InChI is InChI=1S/C11H22F3N3O/c1-8(2)17(4)7-5-6-16-9(18)10(3,15)11(12,13)14/h8H,5-7,15H2,1-4H3,(H,16,18). The van der Waals surface area contributed by atoms with Crippen molar-refractivity contribution in [1.82, 2.24) is 10.2 Å². The molecule has 1 atom stereocenters. The molecule has 0 aliphatic heterocycles. The van der Waals surface area contributed by atoms with Crippen molar-refractivity contribution in [3.8, 4) is 0 Å². The number of nitrogens with two attached hydrogens (primary N) is 1. The third-order valence-electron chi connectivity index (χ3n) is 2.92. The van der Waals surface area contributed by atoms with E-state index in [2.05, 4.69) is 5.32 Å². The summed E-state index contributed by atoms with van der Waals surface area (Å²) in [5.41, 5.74) is 2.14. The summed E-state index contributed by atoms with van der Waals surface area (Å²) in [5, 5.41) is 2.21. The number of hydrogen-bond acceptors (Lipinski definition) is 3. The molecule has 0 heterocycles. The van der Waals surface area contributed by atoms with Crippen LogP contribution in [0.4, 0.5) is 13.2 Å². The number of carbonyl (C=O) groups excluding carboxylic acids is 1. The predicted octanol–water partition coefficient (Wildman–Crippen LogP) is 1.11. The molecule has 0 fully saturated rings. The largest absolute Gasteiger partial charge is 0.415 e. The summed E-state index contributed by atoms with van der Waals surface area (Å²) in [6, 6.07) is 0.357. The molecular formula is C11H22F3N3O. The maximum Gasteiger partial charge on any atom is 0.415 e. The van der Waals surface area contributed by atoms with Crippen LogP contribution in [0.25, 0.3) is 0 Å². The second-order valence-corrected chi connectivity index (χ2v) is 4.88. The van der Waals surface area contributed by atoms with Crippen LogP contribution in [0.2, 0.25) is 0 Å². The van der Waals surface area contributed by atoms with Gasteiger partial charge in [0.15, 0.2) is 5.54 Å². The fourth-order valence-corrected chi connectivity index (χ4v) is 1.10. The first kappa shape index (κ1) is 17.2. The molecule has 0 aromatic carbocycles. The summed E-state index contributed by atoms with van der Waals surface area (Å²) >= 11 is 0. The number of alkyl halides is 3. The third-order valence-corrected chi connectivity index (χ3v) is 2.92. The third kappa shape index (κ3) is 4.81. The van der Waals surface area contributed by atoms with Gasteiger partial charge in [0.1, 0.15) is 0 Å². The summed E-state index contributed by atoms with van der Waals surface area (Å²) < 4.78 is 37.3. The molecule has 0 aromatic rings. The Balaban J connectivity index is 4.06. The van der Waals surface area contributed by atoms with E-state index < -0.39 is 17.6 Å². The molecule has 1 unspecified atom stereocenters. The Morgan fingerprint density at radius 1 is 1.39 bits per heavy atom. The van der Waals surface area contributed by atoms with E-state index in [0.29, 0.717) is 25.9 Å². The molecule has 0 bridgehead atoms. The quantitative estimate of drug-likeness (QED) is 0.710. The highest BCUT2D eigenvalue weighted by atomic mass is 19.4. The Labute approximate surface area is 106 Å². The normalized spacial score (nSPS) is 15.9. The van der Waals surface area contributed by atoms with Crippen molar-refractivity contribution < 1.29 is 18.0 Å². The number of carbonyl (C=O) groups is 1. The maximum absolute atomic E-state index is 12.4. The van der Waals surface area contributed by atoms with E-state index in [1.165, 1.54) is 0 Å².